The number of carboxylic acid groups (broad SMARTS) is 1. The highest BCUT2D eigenvalue weighted by atomic mass is 16.5. The Kier molecular flexibility index (Phi) is 6.75. The molecule has 2 unspecified atom stereocenters. The average molecular weight is 477 g/mol. The molecule has 35 heavy (non-hydrogen) atoms. The molecule has 0 bridgehead atoms. The van der Waals surface area contributed by atoms with Crippen LogP contribution in [0.15, 0.2) is 48.5 Å². The van der Waals surface area contributed by atoms with Gasteiger partial charge in [-0.15, -0.1) is 0 Å². The third-order valence-electron chi connectivity index (χ3n) is 7.78. The predicted octanol–water partition coefficient (Wildman–Crippen LogP) is 4.31. The van der Waals surface area contributed by atoms with E-state index in [9.17, 15) is 14.4 Å². The van der Waals surface area contributed by atoms with Gasteiger partial charge in [-0.2, -0.15) is 0 Å². The summed E-state index contributed by atoms with van der Waals surface area (Å²) in [4.78, 5) is 36.8. The number of hydrogen-bond donors (Lipinski definition) is 3. The van der Waals surface area contributed by atoms with E-state index in [1.54, 1.807) is 0 Å². The Morgan fingerprint density at radius 2 is 1.54 bits per heavy atom. The van der Waals surface area contributed by atoms with Crippen molar-refractivity contribution in [3.8, 4) is 11.1 Å². The highest BCUT2D eigenvalue weighted by Gasteiger charge is 2.43. The Bertz CT molecular complexity index is 1070. The molecule has 2 aromatic carbocycles. The van der Waals surface area contributed by atoms with Crippen LogP contribution in [0.1, 0.15) is 55.6 Å². The van der Waals surface area contributed by atoms with Gasteiger partial charge in [0.2, 0.25) is 5.91 Å². The number of hydrogen-bond acceptors (Lipinski definition) is 4. The second kappa shape index (κ2) is 10.1. The molecule has 0 spiro atoms. The number of rotatable bonds is 7. The molecule has 2 fully saturated rings. The highest BCUT2D eigenvalue weighted by Crippen LogP contribution is 2.44. The van der Waals surface area contributed by atoms with E-state index in [-0.39, 0.29) is 42.2 Å². The second-order valence-electron chi connectivity index (χ2n) is 10.0. The number of nitrogens with one attached hydrogen (secondary N) is 2. The molecule has 0 radical (unpaired) electrons. The molecule has 184 valence electrons. The van der Waals surface area contributed by atoms with E-state index >= 15 is 0 Å². The normalized spacial score (nSPS) is 25.0. The van der Waals surface area contributed by atoms with Crippen molar-refractivity contribution in [2.24, 2.45) is 17.8 Å². The maximum Gasteiger partial charge on any atom is 0.407 e. The maximum absolute atomic E-state index is 12.9. The van der Waals surface area contributed by atoms with Crippen molar-refractivity contribution in [3.05, 3.63) is 59.7 Å². The summed E-state index contributed by atoms with van der Waals surface area (Å²) in [5, 5.41) is 15.0. The van der Waals surface area contributed by atoms with Gasteiger partial charge < -0.3 is 20.5 Å². The van der Waals surface area contributed by atoms with Crippen molar-refractivity contribution in [2.45, 2.75) is 50.5 Å². The van der Waals surface area contributed by atoms with Gasteiger partial charge in [-0.3, -0.25) is 9.59 Å². The van der Waals surface area contributed by atoms with E-state index in [1.807, 2.05) is 24.3 Å². The van der Waals surface area contributed by atoms with Crippen molar-refractivity contribution in [1.82, 2.24) is 10.6 Å². The van der Waals surface area contributed by atoms with Crippen LogP contribution in [0.3, 0.4) is 0 Å². The summed E-state index contributed by atoms with van der Waals surface area (Å²) >= 11 is 0. The van der Waals surface area contributed by atoms with Gasteiger partial charge in [0.25, 0.3) is 0 Å². The number of alkyl carbamates (subject to hydrolysis) is 1. The summed E-state index contributed by atoms with van der Waals surface area (Å²) < 4.78 is 5.71. The predicted molar refractivity (Wildman–Crippen MR) is 131 cm³/mol. The summed E-state index contributed by atoms with van der Waals surface area (Å²) in [6, 6.07) is 16.1. The molecule has 7 nitrogen and oxygen atoms in total. The van der Waals surface area contributed by atoms with Gasteiger partial charge >= 0.3 is 12.1 Å². The molecule has 0 heterocycles. The monoisotopic (exact) mass is 476 g/mol. The summed E-state index contributed by atoms with van der Waals surface area (Å²) in [6.45, 7) is 0.617. The van der Waals surface area contributed by atoms with Crippen LogP contribution in [-0.2, 0) is 14.3 Å². The number of fused-ring (bicyclic) bond motifs is 3. The van der Waals surface area contributed by atoms with E-state index in [4.69, 9.17) is 9.84 Å². The number of amides is 2. The first-order valence-corrected chi connectivity index (χ1v) is 12.6. The Morgan fingerprint density at radius 3 is 2.20 bits per heavy atom. The van der Waals surface area contributed by atoms with Crippen LogP contribution < -0.4 is 10.6 Å². The SMILES string of the molecule is O=C(N[C@H]1CCCCC[C@H]1C(=O)NCC1CC1C(=O)O)OCC1c2ccccc2-c2ccccc21. The zero-order valence-corrected chi connectivity index (χ0v) is 19.7. The molecule has 3 aliphatic rings. The third kappa shape index (κ3) is 5.04. The highest BCUT2D eigenvalue weighted by molar-refractivity contribution is 5.81. The minimum absolute atomic E-state index is 0.00997. The van der Waals surface area contributed by atoms with Crippen molar-refractivity contribution in [3.63, 3.8) is 0 Å². The Labute approximate surface area is 205 Å². The third-order valence-corrected chi connectivity index (χ3v) is 7.78. The molecule has 0 aliphatic heterocycles. The fourth-order valence-corrected chi connectivity index (χ4v) is 5.72. The summed E-state index contributed by atoms with van der Waals surface area (Å²) in [6.07, 6.45) is 4.45. The molecule has 7 heteroatoms. The summed E-state index contributed by atoms with van der Waals surface area (Å²) in [7, 11) is 0. The smallest absolute Gasteiger partial charge is 0.407 e. The summed E-state index contributed by atoms with van der Waals surface area (Å²) in [5.41, 5.74) is 4.68. The number of benzene rings is 2. The molecule has 4 atom stereocenters. The van der Waals surface area contributed by atoms with Crippen LogP contribution in [0.5, 0.6) is 0 Å². The van der Waals surface area contributed by atoms with Crippen LogP contribution >= 0.6 is 0 Å². The lowest BCUT2D eigenvalue weighted by Gasteiger charge is -2.25. The minimum atomic E-state index is -0.798. The molecular weight excluding hydrogens is 444 g/mol. The molecule has 5 rings (SSSR count). The zero-order chi connectivity index (χ0) is 24.4. The fraction of sp³-hybridized carbons (Fsp3) is 0.464. The van der Waals surface area contributed by atoms with Crippen molar-refractivity contribution in [1.29, 1.82) is 0 Å². The lowest BCUT2D eigenvalue weighted by Crippen LogP contribution is -2.47. The van der Waals surface area contributed by atoms with Gasteiger partial charge in [-0.05, 0) is 47.4 Å². The number of carbonyl (C=O) groups is 3. The first kappa shape index (κ1) is 23.4. The van der Waals surface area contributed by atoms with Crippen molar-refractivity contribution < 1.29 is 24.2 Å². The van der Waals surface area contributed by atoms with E-state index in [0.717, 1.165) is 36.8 Å². The second-order valence-corrected chi connectivity index (χ2v) is 10.0. The molecule has 3 N–H and O–H groups in total. The van der Waals surface area contributed by atoms with Gasteiger partial charge in [0.15, 0.2) is 0 Å². The van der Waals surface area contributed by atoms with Gasteiger partial charge in [-0.25, -0.2) is 4.79 Å². The zero-order valence-electron chi connectivity index (χ0n) is 19.7. The molecule has 3 aliphatic carbocycles. The van der Waals surface area contributed by atoms with Crippen LogP contribution in [0.4, 0.5) is 4.79 Å². The van der Waals surface area contributed by atoms with E-state index in [2.05, 4.69) is 34.9 Å². The molecular formula is C28H32N2O5. The number of carbonyl (C=O) groups excluding carboxylic acids is 2. The minimum Gasteiger partial charge on any atom is -0.481 e. The molecule has 0 aromatic heterocycles. The Balaban J connectivity index is 1.19. The van der Waals surface area contributed by atoms with Gasteiger partial charge in [0.1, 0.15) is 6.61 Å². The Hall–Kier alpha value is -3.35. The largest absolute Gasteiger partial charge is 0.481 e. The van der Waals surface area contributed by atoms with Crippen LogP contribution in [0.2, 0.25) is 0 Å². The number of ether oxygens (including phenoxy) is 1. The average Bonchev–Trinajstić information content (AvgIpc) is 3.62. The first-order chi connectivity index (χ1) is 17.0. The first-order valence-electron chi connectivity index (χ1n) is 12.6. The Morgan fingerprint density at radius 1 is 0.886 bits per heavy atom. The molecule has 2 amide bonds. The maximum atomic E-state index is 12.9. The van der Waals surface area contributed by atoms with Crippen molar-refractivity contribution in [2.75, 3.05) is 13.2 Å². The topological polar surface area (TPSA) is 105 Å². The lowest BCUT2D eigenvalue weighted by atomic mass is 9.93. The van der Waals surface area contributed by atoms with Crippen LogP contribution in [0, 0.1) is 17.8 Å². The number of carboxylic acids is 1. The molecule has 0 saturated heterocycles. The number of aliphatic carboxylic acids is 1. The van der Waals surface area contributed by atoms with Crippen molar-refractivity contribution >= 4 is 18.0 Å². The van der Waals surface area contributed by atoms with E-state index in [0.29, 0.717) is 19.4 Å². The molecule has 2 saturated carbocycles. The molecule has 2 aromatic rings. The van der Waals surface area contributed by atoms with Gasteiger partial charge in [0.05, 0.1) is 11.8 Å². The van der Waals surface area contributed by atoms with Crippen LogP contribution in [-0.4, -0.2) is 42.3 Å². The standard InChI is InChI=1S/C28H32N2O5/c31-26(29-15-17-14-23(17)27(32)33)22-12-2-1-3-13-25(22)30-28(34)35-16-24-20-10-6-4-8-18(20)19-9-5-7-11-21(19)24/h4-11,17,22-25H,1-3,12-16H2,(H,29,31)(H,30,34)(H,32,33)/t17?,22-,23?,25+/m1/s1. The summed E-state index contributed by atoms with van der Waals surface area (Å²) in [5.74, 6) is -1.59. The lowest BCUT2D eigenvalue weighted by molar-refractivity contribution is -0.139. The van der Waals surface area contributed by atoms with Gasteiger partial charge in [-0.1, -0.05) is 67.8 Å². The van der Waals surface area contributed by atoms with E-state index in [1.165, 1.54) is 11.1 Å². The van der Waals surface area contributed by atoms with E-state index < -0.39 is 12.1 Å². The van der Waals surface area contributed by atoms with Gasteiger partial charge in [0, 0.05) is 18.5 Å². The quantitative estimate of drug-likeness (QED) is 0.517. The fourth-order valence-electron chi connectivity index (χ4n) is 5.72. The van der Waals surface area contributed by atoms with Crippen LogP contribution in [0.25, 0.3) is 11.1 Å².